The first-order valence-electron chi connectivity index (χ1n) is 8.68. The van der Waals surface area contributed by atoms with E-state index in [1.54, 1.807) is 65.8 Å². The third-order valence-corrected chi connectivity index (χ3v) is 3.18. The van der Waals surface area contributed by atoms with Crippen molar-refractivity contribution in [2.24, 2.45) is 5.73 Å². The summed E-state index contributed by atoms with van der Waals surface area (Å²) < 4.78 is 15.6. The Balaban J connectivity index is 0.00000729. The summed E-state index contributed by atoms with van der Waals surface area (Å²) in [5.41, 5.74) is 2.76. The zero-order chi connectivity index (χ0) is 20.9. The molecule has 1 aromatic carbocycles. The van der Waals surface area contributed by atoms with Crippen molar-refractivity contribution in [1.82, 2.24) is 6.15 Å². The highest BCUT2D eigenvalue weighted by atomic mass is 16.6. The lowest BCUT2D eigenvalue weighted by atomic mass is 9.96. The number of nitrogens with two attached hydrogens (primary N) is 1. The first kappa shape index (κ1) is 25.6. The minimum Gasteiger partial charge on any atom is -0.460 e. The summed E-state index contributed by atoms with van der Waals surface area (Å²) in [6.45, 7) is 9.82. The smallest absolute Gasteiger partial charge is 0.339 e. The van der Waals surface area contributed by atoms with Crippen LogP contribution in [0.5, 0.6) is 0 Å². The van der Waals surface area contributed by atoms with Gasteiger partial charge in [-0.25, -0.2) is 9.59 Å². The van der Waals surface area contributed by atoms with Crippen LogP contribution in [0.15, 0.2) is 30.3 Å². The van der Waals surface area contributed by atoms with Crippen molar-refractivity contribution in [3.63, 3.8) is 0 Å². The second kappa shape index (κ2) is 9.66. The van der Waals surface area contributed by atoms with Gasteiger partial charge in [0.25, 0.3) is 0 Å². The lowest BCUT2D eigenvalue weighted by Crippen LogP contribution is -2.59. The number of rotatable bonds is 6. The summed E-state index contributed by atoms with van der Waals surface area (Å²) in [5, 5.41) is 0. The first-order valence-corrected chi connectivity index (χ1v) is 8.68. The van der Waals surface area contributed by atoms with Crippen LogP contribution < -0.4 is 11.9 Å². The highest BCUT2D eigenvalue weighted by Crippen LogP contribution is 2.21. The van der Waals surface area contributed by atoms with Crippen LogP contribution >= 0.6 is 0 Å². The van der Waals surface area contributed by atoms with Crippen molar-refractivity contribution in [2.45, 2.75) is 71.3 Å². The average molecular weight is 396 g/mol. The molecule has 5 N–H and O–H groups in total. The fourth-order valence-electron chi connectivity index (χ4n) is 2.05. The van der Waals surface area contributed by atoms with Crippen molar-refractivity contribution < 1.29 is 28.6 Å². The maximum absolute atomic E-state index is 12.6. The molecular formula is C20H32N2O6. The summed E-state index contributed by atoms with van der Waals surface area (Å²) in [6.07, 6.45) is -0.688. The van der Waals surface area contributed by atoms with Gasteiger partial charge in [0.15, 0.2) is 0 Å². The van der Waals surface area contributed by atoms with Gasteiger partial charge in [0, 0.05) is 0 Å². The summed E-state index contributed by atoms with van der Waals surface area (Å²) >= 11 is 0. The number of benzene rings is 1. The van der Waals surface area contributed by atoms with E-state index in [4.69, 9.17) is 19.9 Å². The predicted octanol–water partition coefficient (Wildman–Crippen LogP) is 2.66. The van der Waals surface area contributed by atoms with E-state index in [0.717, 1.165) is 5.56 Å². The normalized spacial score (nSPS) is 13.5. The molecule has 8 nitrogen and oxygen atoms in total. The summed E-state index contributed by atoms with van der Waals surface area (Å²) in [4.78, 5) is 37.4. The van der Waals surface area contributed by atoms with E-state index in [2.05, 4.69) is 0 Å². The fourth-order valence-corrected chi connectivity index (χ4v) is 2.05. The molecule has 0 aliphatic carbocycles. The molecule has 1 unspecified atom stereocenters. The van der Waals surface area contributed by atoms with Crippen molar-refractivity contribution in [3.05, 3.63) is 35.9 Å². The van der Waals surface area contributed by atoms with Gasteiger partial charge in [0.1, 0.15) is 17.8 Å². The highest BCUT2D eigenvalue weighted by Gasteiger charge is 2.49. The lowest BCUT2D eigenvalue weighted by molar-refractivity contribution is -0.178. The number of hydrogen-bond donors (Lipinski definition) is 2. The Kier molecular flexibility index (Phi) is 8.81. The van der Waals surface area contributed by atoms with Gasteiger partial charge in [0.05, 0.1) is 6.42 Å². The molecule has 8 heteroatoms. The molecule has 0 radical (unpaired) electrons. The van der Waals surface area contributed by atoms with E-state index in [0.29, 0.717) is 0 Å². The third kappa shape index (κ3) is 8.49. The highest BCUT2D eigenvalue weighted by molar-refractivity contribution is 6.07. The topological polar surface area (TPSA) is 140 Å². The largest absolute Gasteiger partial charge is 0.460 e. The number of esters is 3. The molecule has 158 valence electrons. The van der Waals surface area contributed by atoms with E-state index in [1.165, 1.54) is 0 Å². The molecule has 0 fully saturated rings. The van der Waals surface area contributed by atoms with Crippen LogP contribution in [0.1, 0.15) is 53.5 Å². The summed E-state index contributed by atoms with van der Waals surface area (Å²) in [5.74, 6) is -2.89. The van der Waals surface area contributed by atoms with Gasteiger partial charge >= 0.3 is 17.9 Å². The Bertz CT molecular complexity index is 676. The Morgan fingerprint density at radius 1 is 0.857 bits per heavy atom. The van der Waals surface area contributed by atoms with Crippen LogP contribution in [0, 0.1) is 0 Å². The zero-order valence-electron chi connectivity index (χ0n) is 17.5. The van der Waals surface area contributed by atoms with Crippen molar-refractivity contribution >= 4 is 17.9 Å². The predicted molar refractivity (Wildman–Crippen MR) is 104 cm³/mol. The molecule has 0 saturated heterocycles. The lowest BCUT2D eigenvalue weighted by Gasteiger charge is -2.30. The van der Waals surface area contributed by atoms with Gasteiger partial charge in [-0.05, 0) is 47.1 Å². The second-order valence-electron chi connectivity index (χ2n) is 8.30. The van der Waals surface area contributed by atoms with Gasteiger partial charge in [-0.1, -0.05) is 30.3 Å². The van der Waals surface area contributed by atoms with Crippen molar-refractivity contribution in [2.75, 3.05) is 0 Å². The molecule has 0 aromatic heterocycles. The van der Waals surface area contributed by atoms with Crippen LogP contribution in [0.25, 0.3) is 0 Å². The van der Waals surface area contributed by atoms with Gasteiger partial charge in [-0.2, -0.15) is 0 Å². The second-order valence-corrected chi connectivity index (χ2v) is 8.30. The van der Waals surface area contributed by atoms with E-state index < -0.39 is 41.1 Å². The van der Waals surface area contributed by atoms with Crippen LogP contribution in [0.2, 0.25) is 0 Å². The number of carbonyl (C=O) groups is 3. The van der Waals surface area contributed by atoms with Gasteiger partial charge < -0.3 is 26.1 Å². The molecule has 28 heavy (non-hydrogen) atoms. The standard InChI is InChI=1S/C20H29NO6.H3N/c1-18(2,3)26-15(22)12-20(21,17(24)27-19(4,5)6)16(23)25-13-14-10-8-7-9-11-14;/h7-11H,12-13,21H2,1-6H3;1H3. The SMILES string of the molecule is CC(C)(C)OC(=O)CC(N)(C(=O)OCc1ccccc1)C(=O)OC(C)(C)C.N. The Morgan fingerprint density at radius 2 is 1.36 bits per heavy atom. The molecule has 0 spiro atoms. The van der Waals surface area contributed by atoms with Gasteiger partial charge in [0.2, 0.25) is 5.54 Å². The molecule has 0 heterocycles. The van der Waals surface area contributed by atoms with Gasteiger partial charge in [-0.15, -0.1) is 0 Å². The van der Waals surface area contributed by atoms with E-state index in [9.17, 15) is 14.4 Å². The maximum atomic E-state index is 12.6. The molecule has 1 atom stereocenters. The number of hydrogen-bond acceptors (Lipinski definition) is 8. The summed E-state index contributed by atoms with van der Waals surface area (Å²) in [7, 11) is 0. The molecule has 0 aliphatic heterocycles. The minimum atomic E-state index is -2.30. The Hall–Kier alpha value is -2.45. The van der Waals surface area contributed by atoms with Gasteiger partial charge in [-0.3, -0.25) is 4.79 Å². The van der Waals surface area contributed by atoms with Crippen molar-refractivity contribution in [1.29, 1.82) is 0 Å². The molecule has 0 bridgehead atoms. The molecule has 1 aromatic rings. The zero-order valence-corrected chi connectivity index (χ0v) is 17.5. The van der Waals surface area contributed by atoms with E-state index in [-0.39, 0.29) is 12.8 Å². The molecule has 1 rings (SSSR count). The van der Waals surface area contributed by atoms with Crippen LogP contribution in [-0.2, 0) is 35.2 Å². The maximum Gasteiger partial charge on any atom is 0.339 e. The van der Waals surface area contributed by atoms with Crippen LogP contribution in [-0.4, -0.2) is 34.6 Å². The molecule has 0 saturated carbocycles. The molecular weight excluding hydrogens is 364 g/mol. The molecule has 0 aliphatic rings. The Morgan fingerprint density at radius 3 is 1.82 bits per heavy atom. The first-order chi connectivity index (χ1) is 12.2. The number of ether oxygens (including phenoxy) is 3. The van der Waals surface area contributed by atoms with E-state index in [1.807, 2.05) is 6.07 Å². The minimum absolute atomic E-state index is 0. The number of carbonyl (C=O) groups excluding carboxylic acids is 3. The van der Waals surface area contributed by atoms with Crippen LogP contribution in [0.4, 0.5) is 0 Å². The Labute approximate surface area is 166 Å². The molecule has 0 amide bonds. The summed E-state index contributed by atoms with van der Waals surface area (Å²) in [6, 6.07) is 8.91. The third-order valence-electron chi connectivity index (χ3n) is 3.18. The van der Waals surface area contributed by atoms with E-state index >= 15 is 0 Å². The van der Waals surface area contributed by atoms with Crippen LogP contribution in [0.3, 0.4) is 0 Å². The quantitative estimate of drug-likeness (QED) is 0.425. The van der Waals surface area contributed by atoms with Crippen molar-refractivity contribution in [3.8, 4) is 0 Å². The fraction of sp³-hybridized carbons (Fsp3) is 0.550. The average Bonchev–Trinajstić information content (AvgIpc) is 2.49. The monoisotopic (exact) mass is 396 g/mol.